The Hall–Kier alpha value is -0.115. The molecule has 0 unspecified atom stereocenters. The topological polar surface area (TPSA) is 40.5 Å². The van der Waals surface area contributed by atoms with E-state index in [1.165, 1.54) is 12.1 Å². The molecule has 0 bridgehead atoms. The first kappa shape index (κ1) is 12.6. The maximum Gasteiger partial charge on any atom is 1.00 e. The monoisotopic (exact) mass is 148 g/mol. The Morgan fingerprint density at radius 1 is 0.900 bits per heavy atom. The van der Waals surface area contributed by atoms with Gasteiger partial charge in [-0.25, -0.2) is 0 Å². The molecule has 2 nitrogen and oxygen atoms in total. The standard InChI is InChI=1S/C6H6O2.BH4.Na/c7-5-3-1-2-4-6(5)8;;/h1-4,7-8H;1H4;/q;-1;+1. The van der Waals surface area contributed by atoms with Crippen LogP contribution in [0.3, 0.4) is 0 Å². The predicted octanol–water partition coefficient (Wildman–Crippen LogP) is -3.35. The first-order chi connectivity index (χ1) is 3.80. The Labute approximate surface area is 83.8 Å². The van der Waals surface area contributed by atoms with E-state index < -0.39 is 0 Å². The Bertz CT molecular complexity index is 172. The summed E-state index contributed by atoms with van der Waals surface area (Å²) in [5.74, 6) is -0.153. The summed E-state index contributed by atoms with van der Waals surface area (Å²) in [6.45, 7) is 0. The summed E-state index contributed by atoms with van der Waals surface area (Å²) in [5, 5.41) is 17.3. The van der Waals surface area contributed by atoms with E-state index in [1.54, 1.807) is 12.1 Å². The maximum absolute atomic E-state index is 8.67. The molecule has 1 rings (SSSR count). The van der Waals surface area contributed by atoms with Gasteiger partial charge in [0.2, 0.25) is 0 Å². The molecule has 0 atom stereocenters. The molecule has 0 aliphatic rings. The van der Waals surface area contributed by atoms with Crippen molar-refractivity contribution in [3.8, 4) is 11.5 Å². The molecule has 0 saturated heterocycles. The van der Waals surface area contributed by atoms with Gasteiger partial charge < -0.3 is 10.2 Å². The number of rotatable bonds is 0. The summed E-state index contributed by atoms with van der Waals surface area (Å²) in [6, 6.07) is 6.15. The van der Waals surface area contributed by atoms with E-state index in [0.717, 1.165) is 0 Å². The van der Waals surface area contributed by atoms with Crippen LogP contribution in [0.2, 0.25) is 0 Å². The Morgan fingerprint density at radius 3 is 1.40 bits per heavy atom. The largest absolute Gasteiger partial charge is 1.00 e. The van der Waals surface area contributed by atoms with Crippen molar-refractivity contribution in [1.29, 1.82) is 0 Å². The molecule has 0 aliphatic heterocycles. The summed E-state index contributed by atoms with van der Waals surface area (Å²) in [4.78, 5) is 0. The molecule has 0 spiro atoms. The third-order valence-electron chi connectivity index (χ3n) is 0.882. The van der Waals surface area contributed by atoms with E-state index in [1.807, 2.05) is 0 Å². The molecule has 0 amide bonds. The van der Waals surface area contributed by atoms with Crippen molar-refractivity contribution in [2.24, 2.45) is 0 Å². The first-order valence-corrected chi connectivity index (χ1v) is 2.27. The van der Waals surface area contributed by atoms with Crippen LogP contribution >= 0.6 is 0 Å². The second kappa shape index (κ2) is 5.65. The van der Waals surface area contributed by atoms with Crippen molar-refractivity contribution in [3.05, 3.63) is 24.3 Å². The van der Waals surface area contributed by atoms with Crippen LogP contribution in [0, 0.1) is 0 Å². The summed E-state index contributed by atoms with van der Waals surface area (Å²) in [6.07, 6.45) is 0. The molecule has 4 heteroatoms. The van der Waals surface area contributed by atoms with Gasteiger partial charge in [0.15, 0.2) is 11.5 Å². The summed E-state index contributed by atoms with van der Waals surface area (Å²) >= 11 is 0. The van der Waals surface area contributed by atoms with Gasteiger partial charge >= 0.3 is 29.6 Å². The van der Waals surface area contributed by atoms with Gasteiger partial charge in [-0.3, -0.25) is 0 Å². The molecule has 0 aromatic heterocycles. The molecule has 1 aromatic carbocycles. The maximum atomic E-state index is 8.67. The van der Waals surface area contributed by atoms with Crippen molar-refractivity contribution in [2.75, 3.05) is 0 Å². The predicted molar refractivity (Wildman–Crippen MR) is 41.1 cm³/mol. The number of para-hydroxylation sites is 2. The van der Waals surface area contributed by atoms with Crippen LogP contribution in [0.1, 0.15) is 0 Å². The minimum Gasteiger partial charge on any atom is -0.504 e. The van der Waals surface area contributed by atoms with Crippen LogP contribution in [-0.2, 0) is 0 Å². The minimum absolute atomic E-state index is 0. The van der Waals surface area contributed by atoms with Crippen LogP contribution in [0.25, 0.3) is 0 Å². The molecule has 0 heterocycles. The molecular weight excluding hydrogens is 138 g/mol. The summed E-state index contributed by atoms with van der Waals surface area (Å²) in [5.41, 5.74) is 0. The first-order valence-electron chi connectivity index (χ1n) is 2.27. The molecule has 0 radical (unpaired) electrons. The van der Waals surface area contributed by atoms with Crippen LogP contribution in [0.4, 0.5) is 0 Å². The Morgan fingerprint density at radius 2 is 1.20 bits per heavy atom. The number of benzene rings is 1. The smallest absolute Gasteiger partial charge is 0.504 e. The molecular formula is C6H10BNaO2. The number of phenols is 2. The van der Waals surface area contributed by atoms with E-state index in [2.05, 4.69) is 0 Å². The van der Waals surface area contributed by atoms with E-state index in [-0.39, 0.29) is 49.5 Å². The fourth-order valence-corrected chi connectivity index (χ4v) is 0.464. The van der Waals surface area contributed by atoms with Crippen LogP contribution in [0.15, 0.2) is 24.3 Å². The molecule has 1 aromatic rings. The average molecular weight is 148 g/mol. The van der Waals surface area contributed by atoms with Gasteiger partial charge in [0.25, 0.3) is 0 Å². The van der Waals surface area contributed by atoms with Gasteiger partial charge in [0.1, 0.15) is 0 Å². The van der Waals surface area contributed by atoms with Gasteiger partial charge in [-0.05, 0) is 12.1 Å². The average Bonchev–Trinajstić information content (AvgIpc) is 1.77. The number of aromatic hydroxyl groups is 2. The van der Waals surface area contributed by atoms with Gasteiger partial charge in [-0.15, -0.1) is 0 Å². The van der Waals surface area contributed by atoms with Gasteiger partial charge in [0, 0.05) is 0 Å². The second-order valence-electron chi connectivity index (χ2n) is 1.49. The van der Waals surface area contributed by atoms with Gasteiger partial charge in [0.05, 0.1) is 0 Å². The van der Waals surface area contributed by atoms with E-state index in [0.29, 0.717) is 0 Å². The zero-order valence-corrected chi connectivity index (χ0v) is 7.20. The molecule has 2 N–H and O–H groups in total. The molecule has 10 heavy (non-hydrogen) atoms. The number of phenolic OH excluding ortho intramolecular Hbond substituents is 2. The zero-order valence-electron chi connectivity index (χ0n) is 5.20. The van der Waals surface area contributed by atoms with E-state index >= 15 is 0 Å². The van der Waals surface area contributed by atoms with Gasteiger partial charge in [-0.2, -0.15) is 0 Å². The van der Waals surface area contributed by atoms with E-state index in [4.69, 9.17) is 10.2 Å². The van der Waals surface area contributed by atoms with Crippen molar-refractivity contribution >= 4 is 8.41 Å². The van der Waals surface area contributed by atoms with Crippen molar-refractivity contribution in [3.63, 3.8) is 0 Å². The van der Waals surface area contributed by atoms with E-state index in [9.17, 15) is 0 Å². The minimum atomic E-state index is -0.0764. The van der Waals surface area contributed by atoms with Crippen LogP contribution < -0.4 is 29.6 Å². The zero-order chi connectivity index (χ0) is 5.98. The normalized spacial score (nSPS) is 7.20. The van der Waals surface area contributed by atoms with Crippen molar-refractivity contribution in [1.82, 2.24) is 0 Å². The molecule has 0 fully saturated rings. The number of hydrogen-bond acceptors (Lipinski definition) is 2. The quantitative estimate of drug-likeness (QED) is 0.298. The van der Waals surface area contributed by atoms with Crippen LogP contribution in [0.5, 0.6) is 11.5 Å². The summed E-state index contributed by atoms with van der Waals surface area (Å²) in [7, 11) is 0. The van der Waals surface area contributed by atoms with Crippen LogP contribution in [-0.4, -0.2) is 18.6 Å². The fraction of sp³-hybridized carbons (Fsp3) is 0. The number of hydrogen-bond donors (Lipinski definition) is 2. The van der Waals surface area contributed by atoms with Crippen molar-refractivity contribution in [2.45, 2.75) is 0 Å². The molecule has 50 valence electrons. The molecule has 0 saturated carbocycles. The van der Waals surface area contributed by atoms with Gasteiger partial charge in [-0.1, -0.05) is 20.5 Å². The SMILES string of the molecule is Oc1ccccc1O.[BH4-].[Na+]. The van der Waals surface area contributed by atoms with Crippen molar-refractivity contribution < 1.29 is 39.8 Å². The molecule has 0 aliphatic carbocycles. The second-order valence-corrected chi connectivity index (χ2v) is 1.49. The summed E-state index contributed by atoms with van der Waals surface area (Å²) < 4.78 is 0. The Balaban J connectivity index is 0. The Kier molecular flexibility index (Phi) is 7.10. The third-order valence-corrected chi connectivity index (χ3v) is 0.882. The third kappa shape index (κ3) is 3.15. The fourth-order valence-electron chi connectivity index (χ4n) is 0.464.